The van der Waals surface area contributed by atoms with Gasteiger partial charge in [0.2, 0.25) is 0 Å². The monoisotopic (exact) mass is 233 g/mol. The summed E-state index contributed by atoms with van der Waals surface area (Å²) in [6, 6.07) is 5.83. The largest absolute Gasteiger partial charge is 0.237 e. The topological polar surface area (TPSA) is 30.7 Å². The van der Waals surface area contributed by atoms with E-state index in [2.05, 4.69) is 23.9 Å². The van der Waals surface area contributed by atoms with E-state index in [4.69, 9.17) is 0 Å². The molecule has 0 saturated heterocycles. The van der Waals surface area contributed by atoms with Gasteiger partial charge in [-0.05, 0) is 19.1 Å². The van der Waals surface area contributed by atoms with Crippen molar-refractivity contribution in [2.45, 2.75) is 30.9 Å². The lowest BCUT2D eigenvalue weighted by Gasteiger charge is -2.01. The fourth-order valence-electron chi connectivity index (χ4n) is 1.42. The van der Waals surface area contributed by atoms with E-state index in [-0.39, 0.29) is 0 Å². The molecule has 0 amide bonds. The van der Waals surface area contributed by atoms with Gasteiger partial charge in [-0.3, -0.25) is 0 Å². The summed E-state index contributed by atoms with van der Waals surface area (Å²) in [5.41, 5.74) is 1.06. The Morgan fingerprint density at radius 2 is 2.12 bits per heavy atom. The highest BCUT2D eigenvalue weighted by atomic mass is 32.2. The molecule has 0 aromatic carbocycles. The Kier molecular flexibility index (Phi) is 3.29. The lowest BCUT2D eigenvalue weighted by Crippen LogP contribution is -1.96. The van der Waals surface area contributed by atoms with Crippen molar-refractivity contribution in [1.82, 2.24) is 14.8 Å². The fraction of sp³-hybridized carbons (Fsp3) is 0.333. The van der Waals surface area contributed by atoms with Gasteiger partial charge in [0.1, 0.15) is 0 Å². The molecular formula is C12H15N3S. The number of pyridine rings is 1. The SMILES string of the molecule is Cc1nn(-c2ccccn2)cc1SC(C)C. The lowest BCUT2D eigenvalue weighted by atomic mass is 10.5. The van der Waals surface area contributed by atoms with Crippen LogP contribution in [0.4, 0.5) is 0 Å². The minimum Gasteiger partial charge on any atom is -0.237 e. The van der Waals surface area contributed by atoms with Gasteiger partial charge in [0.05, 0.1) is 5.69 Å². The maximum absolute atomic E-state index is 4.47. The van der Waals surface area contributed by atoms with Crippen LogP contribution in [-0.2, 0) is 0 Å². The second-order valence-corrected chi connectivity index (χ2v) is 5.50. The molecule has 3 nitrogen and oxygen atoms in total. The number of aromatic nitrogens is 3. The molecule has 0 bridgehead atoms. The van der Waals surface area contributed by atoms with Crippen LogP contribution in [0.15, 0.2) is 35.5 Å². The number of hydrogen-bond donors (Lipinski definition) is 0. The molecule has 16 heavy (non-hydrogen) atoms. The molecular weight excluding hydrogens is 218 g/mol. The van der Waals surface area contributed by atoms with E-state index in [0.717, 1.165) is 11.5 Å². The Morgan fingerprint density at radius 3 is 2.75 bits per heavy atom. The van der Waals surface area contributed by atoms with Gasteiger partial charge in [0, 0.05) is 22.5 Å². The van der Waals surface area contributed by atoms with Gasteiger partial charge in [0.15, 0.2) is 5.82 Å². The van der Waals surface area contributed by atoms with Crippen LogP contribution in [-0.4, -0.2) is 20.0 Å². The lowest BCUT2D eigenvalue weighted by molar-refractivity contribution is 0.832. The summed E-state index contributed by atoms with van der Waals surface area (Å²) in [6.45, 7) is 6.40. The van der Waals surface area contributed by atoms with Crippen LogP contribution in [0.5, 0.6) is 0 Å². The van der Waals surface area contributed by atoms with Crippen LogP contribution in [0.2, 0.25) is 0 Å². The Morgan fingerprint density at radius 1 is 1.31 bits per heavy atom. The number of rotatable bonds is 3. The van der Waals surface area contributed by atoms with Crippen molar-refractivity contribution in [2.24, 2.45) is 0 Å². The Hall–Kier alpha value is -1.29. The van der Waals surface area contributed by atoms with Crippen molar-refractivity contribution in [1.29, 1.82) is 0 Å². The highest BCUT2D eigenvalue weighted by Gasteiger charge is 2.08. The molecule has 84 valence electrons. The standard InChI is InChI=1S/C12H15N3S/c1-9(2)16-11-8-15(14-10(11)3)12-6-4-5-7-13-12/h4-9H,1-3H3. The van der Waals surface area contributed by atoms with E-state index in [0.29, 0.717) is 5.25 Å². The minimum absolute atomic E-state index is 0.570. The van der Waals surface area contributed by atoms with Gasteiger partial charge < -0.3 is 0 Å². The third-order valence-corrected chi connectivity index (χ3v) is 3.23. The second-order valence-electron chi connectivity index (χ2n) is 3.88. The predicted molar refractivity (Wildman–Crippen MR) is 67.1 cm³/mol. The molecule has 0 aliphatic heterocycles. The van der Waals surface area contributed by atoms with Crippen LogP contribution < -0.4 is 0 Å². The molecule has 0 fully saturated rings. The van der Waals surface area contributed by atoms with Crippen LogP contribution in [0.25, 0.3) is 5.82 Å². The highest BCUT2D eigenvalue weighted by Crippen LogP contribution is 2.26. The van der Waals surface area contributed by atoms with E-state index in [1.54, 1.807) is 6.20 Å². The van der Waals surface area contributed by atoms with E-state index in [1.165, 1.54) is 4.90 Å². The third-order valence-electron chi connectivity index (χ3n) is 2.10. The zero-order valence-corrected chi connectivity index (χ0v) is 10.5. The maximum Gasteiger partial charge on any atom is 0.153 e. The molecule has 0 N–H and O–H groups in total. The van der Waals surface area contributed by atoms with E-state index >= 15 is 0 Å². The molecule has 0 radical (unpaired) electrons. The molecule has 0 aliphatic rings. The molecule has 2 rings (SSSR count). The quantitative estimate of drug-likeness (QED) is 0.763. The minimum atomic E-state index is 0.570. The first-order valence-electron chi connectivity index (χ1n) is 5.31. The fourth-order valence-corrected chi connectivity index (χ4v) is 2.30. The molecule has 0 saturated carbocycles. The molecule has 4 heteroatoms. The zero-order valence-electron chi connectivity index (χ0n) is 9.71. The predicted octanol–water partition coefficient (Wildman–Crippen LogP) is 3.08. The van der Waals surface area contributed by atoms with E-state index in [1.807, 2.05) is 47.8 Å². The maximum atomic E-state index is 4.47. The van der Waals surface area contributed by atoms with E-state index in [9.17, 15) is 0 Å². The molecule has 0 unspecified atom stereocenters. The van der Waals surface area contributed by atoms with Crippen molar-refractivity contribution >= 4 is 11.8 Å². The van der Waals surface area contributed by atoms with Gasteiger partial charge in [-0.15, -0.1) is 11.8 Å². The van der Waals surface area contributed by atoms with Crippen molar-refractivity contribution in [3.8, 4) is 5.82 Å². The smallest absolute Gasteiger partial charge is 0.153 e. The molecule has 2 aromatic heterocycles. The van der Waals surface area contributed by atoms with Crippen LogP contribution in [0, 0.1) is 6.92 Å². The van der Waals surface area contributed by atoms with Crippen molar-refractivity contribution in [3.63, 3.8) is 0 Å². The van der Waals surface area contributed by atoms with E-state index < -0.39 is 0 Å². The Bertz CT molecular complexity index is 462. The Balaban J connectivity index is 2.31. The zero-order chi connectivity index (χ0) is 11.5. The summed E-state index contributed by atoms with van der Waals surface area (Å²) >= 11 is 1.83. The number of hydrogen-bond acceptors (Lipinski definition) is 3. The first kappa shape index (κ1) is 11.2. The second kappa shape index (κ2) is 4.70. The molecule has 2 aromatic rings. The average Bonchev–Trinajstić information content (AvgIpc) is 2.61. The summed E-state index contributed by atoms with van der Waals surface area (Å²) in [5, 5.41) is 5.04. The van der Waals surface area contributed by atoms with Crippen molar-refractivity contribution < 1.29 is 0 Å². The molecule has 0 atom stereocenters. The highest BCUT2D eigenvalue weighted by molar-refractivity contribution is 8.00. The third kappa shape index (κ3) is 2.44. The molecule has 2 heterocycles. The van der Waals surface area contributed by atoms with Gasteiger partial charge in [-0.2, -0.15) is 5.10 Å². The van der Waals surface area contributed by atoms with Crippen LogP contribution >= 0.6 is 11.8 Å². The summed E-state index contributed by atoms with van der Waals surface area (Å²) < 4.78 is 1.83. The Labute approximate surface area is 99.9 Å². The van der Waals surface area contributed by atoms with Gasteiger partial charge >= 0.3 is 0 Å². The van der Waals surface area contributed by atoms with Gasteiger partial charge in [-0.25, -0.2) is 9.67 Å². The van der Waals surface area contributed by atoms with Gasteiger partial charge in [-0.1, -0.05) is 19.9 Å². The number of aryl methyl sites for hydroxylation is 1. The normalized spacial score (nSPS) is 11.0. The molecule has 0 aliphatic carbocycles. The number of nitrogens with zero attached hydrogens (tertiary/aromatic N) is 3. The van der Waals surface area contributed by atoms with Crippen LogP contribution in [0.1, 0.15) is 19.5 Å². The molecule has 0 spiro atoms. The van der Waals surface area contributed by atoms with Crippen molar-refractivity contribution in [3.05, 3.63) is 36.3 Å². The van der Waals surface area contributed by atoms with Crippen LogP contribution in [0.3, 0.4) is 0 Å². The average molecular weight is 233 g/mol. The van der Waals surface area contributed by atoms with Crippen molar-refractivity contribution in [2.75, 3.05) is 0 Å². The summed E-state index contributed by atoms with van der Waals surface area (Å²) in [6.07, 6.45) is 3.82. The summed E-state index contributed by atoms with van der Waals surface area (Å²) in [4.78, 5) is 5.50. The van der Waals surface area contributed by atoms with Gasteiger partial charge in [0.25, 0.3) is 0 Å². The first-order chi connectivity index (χ1) is 7.66. The summed E-state index contributed by atoms with van der Waals surface area (Å²) in [5.74, 6) is 0.862. The summed E-state index contributed by atoms with van der Waals surface area (Å²) in [7, 11) is 0. The first-order valence-corrected chi connectivity index (χ1v) is 6.19. The number of thioether (sulfide) groups is 1.